The zero-order valence-electron chi connectivity index (χ0n) is 12.5. The Morgan fingerprint density at radius 1 is 1.30 bits per heavy atom. The van der Waals surface area contributed by atoms with Crippen LogP contribution in [0.3, 0.4) is 0 Å². The van der Waals surface area contributed by atoms with Gasteiger partial charge in [-0.2, -0.15) is 5.26 Å². The lowest BCUT2D eigenvalue weighted by molar-refractivity contribution is 0.0599. The van der Waals surface area contributed by atoms with Crippen molar-refractivity contribution in [2.75, 3.05) is 11.9 Å². The highest BCUT2D eigenvalue weighted by atomic mass is 19.1. The molecule has 0 bridgehead atoms. The van der Waals surface area contributed by atoms with Gasteiger partial charge in [0.1, 0.15) is 17.5 Å². The summed E-state index contributed by atoms with van der Waals surface area (Å²) >= 11 is 0. The third-order valence-electron chi connectivity index (χ3n) is 3.33. The van der Waals surface area contributed by atoms with Crippen LogP contribution in [0, 0.1) is 17.1 Å². The summed E-state index contributed by atoms with van der Waals surface area (Å²) in [4.78, 5) is 11.9. The number of amides is 2. The molecule has 0 saturated carbocycles. The maximum atomic E-state index is 13.2. The Morgan fingerprint density at radius 3 is 2.65 bits per heavy atom. The topological polar surface area (TPSA) is 85.2 Å². The van der Waals surface area contributed by atoms with E-state index in [1.54, 1.807) is 37.3 Å². The molecule has 2 rings (SSSR count). The first-order valence-electron chi connectivity index (χ1n) is 6.95. The Kier molecular flexibility index (Phi) is 4.94. The number of rotatable bonds is 4. The Hall–Kier alpha value is -2.91. The molecule has 118 valence electrons. The van der Waals surface area contributed by atoms with E-state index in [4.69, 9.17) is 5.26 Å². The average Bonchev–Trinajstić information content (AvgIpc) is 2.56. The predicted octanol–water partition coefficient (Wildman–Crippen LogP) is 2.73. The highest BCUT2D eigenvalue weighted by Crippen LogP contribution is 2.19. The van der Waals surface area contributed by atoms with Crippen LogP contribution < -0.4 is 10.6 Å². The van der Waals surface area contributed by atoms with Crippen LogP contribution >= 0.6 is 0 Å². The molecule has 3 N–H and O–H groups in total. The fourth-order valence-electron chi connectivity index (χ4n) is 2.02. The Labute approximate surface area is 133 Å². The summed E-state index contributed by atoms with van der Waals surface area (Å²) in [6.45, 7) is 1.59. The molecule has 1 unspecified atom stereocenters. The van der Waals surface area contributed by atoms with Gasteiger partial charge in [-0.3, -0.25) is 0 Å². The Bertz CT molecular complexity index is 739. The second kappa shape index (κ2) is 6.90. The zero-order valence-corrected chi connectivity index (χ0v) is 12.5. The van der Waals surface area contributed by atoms with Crippen molar-refractivity contribution in [3.8, 4) is 6.07 Å². The van der Waals surface area contributed by atoms with Crippen LogP contribution in [0.15, 0.2) is 48.5 Å². The number of urea groups is 1. The van der Waals surface area contributed by atoms with E-state index in [0.717, 1.165) is 6.07 Å². The van der Waals surface area contributed by atoms with Crippen LogP contribution in [0.25, 0.3) is 0 Å². The summed E-state index contributed by atoms with van der Waals surface area (Å²) in [6.07, 6.45) is 0. The number of carbonyl (C=O) groups is 1. The number of hydrogen-bond acceptors (Lipinski definition) is 3. The van der Waals surface area contributed by atoms with Gasteiger partial charge < -0.3 is 15.7 Å². The zero-order chi connectivity index (χ0) is 16.9. The van der Waals surface area contributed by atoms with E-state index in [1.165, 1.54) is 12.1 Å². The molecule has 2 aromatic carbocycles. The fraction of sp³-hybridized carbons (Fsp3) is 0.176. The van der Waals surface area contributed by atoms with Gasteiger partial charge >= 0.3 is 6.03 Å². The van der Waals surface area contributed by atoms with Gasteiger partial charge in [-0.25, -0.2) is 9.18 Å². The molecular formula is C17H16FN3O2. The van der Waals surface area contributed by atoms with E-state index in [0.29, 0.717) is 11.3 Å². The molecule has 0 saturated heterocycles. The van der Waals surface area contributed by atoms with E-state index >= 15 is 0 Å². The van der Waals surface area contributed by atoms with Crippen molar-refractivity contribution < 1.29 is 14.3 Å². The number of carbonyl (C=O) groups excluding carboxylic acids is 1. The summed E-state index contributed by atoms with van der Waals surface area (Å²) < 4.78 is 13.2. The van der Waals surface area contributed by atoms with Crippen LogP contribution in [-0.4, -0.2) is 17.7 Å². The summed E-state index contributed by atoms with van der Waals surface area (Å²) in [6, 6.07) is 13.8. The maximum Gasteiger partial charge on any atom is 0.319 e. The van der Waals surface area contributed by atoms with Crippen molar-refractivity contribution in [2.45, 2.75) is 12.5 Å². The number of halogens is 1. The number of benzene rings is 2. The molecule has 1 atom stereocenters. The molecule has 0 heterocycles. The van der Waals surface area contributed by atoms with Gasteiger partial charge in [0, 0.05) is 5.69 Å². The third-order valence-corrected chi connectivity index (χ3v) is 3.33. The van der Waals surface area contributed by atoms with Gasteiger partial charge in [-0.15, -0.1) is 0 Å². The predicted molar refractivity (Wildman–Crippen MR) is 84.1 cm³/mol. The van der Waals surface area contributed by atoms with Crippen molar-refractivity contribution in [1.82, 2.24) is 5.32 Å². The summed E-state index contributed by atoms with van der Waals surface area (Å²) in [5.41, 5.74) is -0.410. The molecule has 6 heteroatoms. The average molecular weight is 313 g/mol. The van der Waals surface area contributed by atoms with E-state index < -0.39 is 17.4 Å². The molecule has 23 heavy (non-hydrogen) atoms. The highest BCUT2D eigenvalue weighted by Gasteiger charge is 2.23. The molecule has 2 amide bonds. The van der Waals surface area contributed by atoms with Crippen LogP contribution in [0.2, 0.25) is 0 Å². The normalized spacial score (nSPS) is 12.8. The van der Waals surface area contributed by atoms with Gasteiger partial charge in [0.2, 0.25) is 0 Å². The Balaban J connectivity index is 1.97. The molecule has 0 aliphatic heterocycles. The minimum atomic E-state index is -1.22. The van der Waals surface area contributed by atoms with Crippen molar-refractivity contribution >= 4 is 11.7 Å². The molecule has 0 aromatic heterocycles. The van der Waals surface area contributed by atoms with Gasteiger partial charge in [0.05, 0.1) is 12.1 Å². The SMILES string of the molecule is CC(O)(CNC(=O)Nc1ccc(F)c(C#N)c1)c1ccccc1. The quantitative estimate of drug-likeness (QED) is 0.811. The largest absolute Gasteiger partial charge is 0.384 e. The Morgan fingerprint density at radius 2 is 2.00 bits per heavy atom. The van der Waals surface area contributed by atoms with Gasteiger partial charge in [0.25, 0.3) is 0 Å². The molecule has 0 fully saturated rings. The minimum absolute atomic E-state index is 0.00481. The number of nitriles is 1. The second-order valence-corrected chi connectivity index (χ2v) is 5.25. The first-order chi connectivity index (χ1) is 10.9. The van der Waals surface area contributed by atoms with Crippen LogP contribution in [-0.2, 0) is 5.60 Å². The number of nitrogens with zero attached hydrogens (tertiary/aromatic N) is 1. The van der Waals surface area contributed by atoms with E-state index in [1.807, 2.05) is 6.07 Å². The van der Waals surface area contributed by atoms with E-state index in [9.17, 15) is 14.3 Å². The van der Waals surface area contributed by atoms with Crippen LogP contribution in [0.1, 0.15) is 18.1 Å². The number of aliphatic hydroxyl groups is 1. The van der Waals surface area contributed by atoms with Gasteiger partial charge in [-0.1, -0.05) is 30.3 Å². The molecule has 2 aromatic rings. The number of anilines is 1. The van der Waals surface area contributed by atoms with Gasteiger partial charge in [0.15, 0.2) is 0 Å². The third kappa shape index (κ3) is 4.28. The summed E-state index contributed by atoms with van der Waals surface area (Å²) in [5.74, 6) is -0.648. The van der Waals surface area contributed by atoms with E-state index in [-0.39, 0.29) is 12.1 Å². The lowest BCUT2D eigenvalue weighted by atomic mass is 9.96. The van der Waals surface area contributed by atoms with Crippen molar-refractivity contribution in [2.24, 2.45) is 0 Å². The van der Waals surface area contributed by atoms with Crippen molar-refractivity contribution in [1.29, 1.82) is 5.26 Å². The summed E-state index contributed by atoms with van der Waals surface area (Å²) in [5, 5.41) is 24.2. The smallest absolute Gasteiger partial charge is 0.319 e. The number of hydrogen-bond donors (Lipinski definition) is 3. The van der Waals surface area contributed by atoms with Crippen LogP contribution in [0.4, 0.5) is 14.9 Å². The molecule has 0 aliphatic rings. The minimum Gasteiger partial charge on any atom is -0.384 e. The van der Waals surface area contributed by atoms with Gasteiger partial charge in [-0.05, 0) is 30.7 Å². The van der Waals surface area contributed by atoms with E-state index in [2.05, 4.69) is 10.6 Å². The first-order valence-corrected chi connectivity index (χ1v) is 6.95. The molecule has 5 nitrogen and oxygen atoms in total. The fourth-order valence-corrected chi connectivity index (χ4v) is 2.02. The lowest BCUT2D eigenvalue weighted by Gasteiger charge is -2.24. The first kappa shape index (κ1) is 16.5. The maximum absolute atomic E-state index is 13.2. The summed E-state index contributed by atoms with van der Waals surface area (Å²) in [7, 11) is 0. The molecule has 0 radical (unpaired) electrons. The standard InChI is InChI=1S/C17H16FN3O2/c1-17(23,13-5-3-2-4-6-13)11-20-16(22)21-14-7-8-15(18)12(9-14)10-19/h2-9,23H,11H2,1H3,(H2,20,21,22). The molecule has 0 aliphatic carbocycles. The highest BCUT2D eigenvalue weighted by molar-refractivity contribution is 5.89. The molecular weight excluding hydrogens is 297 g/mol. The number of nitrogens with one attached hydrogen (secondary N) is 2. The lowest BCUT2D eigenvalue weighted by Crippen LogP contribution is -2.40. The van der Waals surface area contributed by atoms with Crippen LogP contribution in [0.5, 0.6) is 0 Å². The second-order valence-electron chi connectivity index (χ2n) is 5.25. The van der Waals surface area contributed by atoms with Crippen molar-refractivity contribution in [3.05, 3.63) is 65.5 Å². The monoisotopic (exact) mass is 313 g/mol. The van der Waals surface area contributed by atoms with Crippen molar-refractivity contribution in [3.63, 3.8) is 0 Å². The molecule has 0 spiro atoms.